The summed E-state index contributed by atoms with van der Waals surface area (Å²) in [5.41, 5.74) is 1.38. The van der Waals surface area contributed by atoms with Crippen LogP contribution >= 0.6 is 0 Å². The smallest absolute Gasteiger partial charge is 0.227 e. The second-order valence-electron chi connectivity index (χ2n) is 3.86. The first kappa shape index (κ1) is 9.90. The number of hydrogen-bond donors (Lipinski definition) is 1. The highest BCUT2D eigenvalue weighted by Gasteiger charge is 2.24. The Labute approximate surface area is 88.5 Å². The minimum Gasteiger partial charge on any atom is -0.326 e. The Kier molecular flexibility index (Phi) is 2.81. The maximum atomic E-state index is 11.6. The van der Waals surface area contributed by atoms with Crippen LogP contribution in [-0.4, -0.2) is 12.2 Å². The molecule has 1 aromatic rings. The molecular weight excluding hydrogens is 190 g/mol. The molecule has 0 aromatic heterocycles. The number of rotatable bonds is 3. The van der Waals surface area contributed by atoms with Gasteiger partial charge in [-0.25, -0.2) is 0 Å². The molecule has 15 heavy (non-hydrogen) atoms. The van der Waals surface area contributed by atoms with E-state index in [1.807, 2.05) is 0 Å². The number of anilines is 1. The Hall–Kier alpha value is -1.64. The van der Waals surface area contributed by atoms with Crippen LogP contribution in [0.5, 0.6) is 0 Å². The quantitative estimate of drug-likeness (QED) is 0.766. The van der Waals surface area contributed by atoms with Gasteiger partial charge >= 0.3 is 0 Å². The average Bonchev–Trinajstić information content (AvgIpc) is 2.16. The largest absolute Gasteiger partial charge is 0.326 e. The van der Waals surface area contributed by atoms with Crippen molar-refractivity contribution in [3.63, 3.8) is 0 Å². The van der Waals surface area contributed by atoms with Crippen LogP contribution in [0.3, 0.4) is 0 Å². The predicted octanol–water partition coefficient (Wildman–Crippen LogP) is 2.24. The standard InChI is InChI=1S/C12H13NO2/c14-8-9-4-6-11(7-5-9)13-12(15)10-2-1-3-10/h4-8,10H,1-3H2,(H,13,15). The van der Waals surface area contributed by atoms with E-state index in [1.54, 1.807) is 24.3 Å². The molecule has 1 aliphatic carbocycles. The molecule has 0 atom stereocenters. The number of carbonyl (C=O) groups is 2. The van der Waals surface area contributed by atoms with Crippen molar-refractivity contribution in [3.8, 4) is 0 Å². The summed E-state index contributed by atoms with van der Waals surface area (Å²) in [5.74, 6) is 0.288. The lowest BCUT2D eigenvalue weighted by molar-refractivity contribution is -0.122. The molecule has 0 heterocycles. The summed E-state index contributed by atoms with van der Waals surface area (Å²) in [6.07, 6.45) is 3.94. The monoisotopic (exact) mass is 203 g/mol. The average molecular weight is 203 g/mol. The van der Waals surface area contributed by atoms with Gasteiger partial charge in [0.25, 0.3) is 0 Å². The molecule has 3 nitrogen and oxygen atoms in total. The lowest BCUT2D eigenvalue weighted by atomic mass is 9.85. The summed E-state index contributed by atoms with van der Waals surface area (Å²) in [4.78, 5) is 22.0. The SMILES string of the molecule is O=Cc1ccc(NC(=O)C2CCC2)cc1. The zero-order chi connectivity index (χ0) is 10.7. The van der Waals surface area contributed by atoms with Gasteiger partial charge in [0, 0.05) is 17.2 Å². The Morgan fingerprint density at radius 3 is 2.40 bits per heavy atom. The Morgan fingerprint density at radius 1 is 1.27 bits per heavy atom. The normalized spacial score (nSPS) is 15.5. The Balaban J connectivity index is 1.97. The van der Waals surface area contributed by atoms with Gasteiger partial charge in [0.2, 0.25) is 5.91 Å². The van der Waals surface area contributed by atoms with Gasteiger partial charge in [-0.15, -0.1) is 0 Å². The van der Waals surface area contributed by atoms with Crippen LogP contribution in [0.2, 0.25) is 0 Å². The van der Waals surface area contributed by atoms with Crippen molar-refractivity contribution >= 4 is 17.9 Å². The highest BCUT2D eigenvalue weighted by molar-refractivity contribution is 5.93. The van der Waals surface area contributed by atoms with E-state index in [4.69, 9.17) is 0 Å². The highest BCUT2D eigenvalue weighted by atomic mass is 16.1. The van der Waals surface area contributed by atoms with Crippen LogP contribution < -0.4 is 5.32 Å². The van der Waals surface area contributed by atoms with Gasteiger partial charge in [0.05, 0.1) is 0 Å². The summed E-state index contributed by atoms with van der Waals surface area (Å²) < 4.78 is 0. The fourth-order valence-corrected chi connectivity index (χ4v) is 1.56. The summed E-state index contributed by atoms with van der Waals surface area (Å²) in [5, 5.41) is 2.84. The maximum absolute atomic E-state index is 11.6. The maximum Gasteiger partial charge on any atom is 0.227 e. The van der Waals surface area contributed by atoms with Gasteiger partial charge in [-0.2, -0.15) is 0 Å². The molecule has 0 spiro atoms. The molecule has 3 heteroatoms. The van der Waals surface area contributed by atoms with E-state index in [2.05, 4.69) is 5.32 Å². The van der Waals surface area contributed by atoms with E-state index in [9.17, 15) is 9.59 Å². The lowest BCUT2D eigenvalue weighted by Gasteiger charge is -2.23. The van der Waals surface area contributed by atoms with Crippen molar-refractivity contribution in [1.82, 2.24) is 0 Å². The number of carbonyl (C=O) groups excluding carboxylic acids is 2. The van der Waals surface area contributed by atoms with E-state index in [1.165, 1.54) is 0 Å². The van der Waals surface area contributed by atoms with Gasteiger partial charge in [-0.1, -0.05) is 6.42 Å². The lowest BCUT2D eigenvalue weighted by Crippen LogP contribution is -2.27. The molecule has 0 saturated heterocycles. The van der Waals surface area contributed by atoms with Gasteiger partial charge in [0.15, 0.2) is 0 Å². The second-order valence-corrected chi connectivity index (χ2v) is 3.86. The van der Waals surface area contributed by atoms with E-state index in [0.29, 0.717) is 5.56 Å². The molecule has 0 bridgehead atoms. The van der Waals surface area contributed by atoms with E-state index in [0.717, 1.165) is 31.2 Å². The van der Waals surface area contributed by atoms with Crippen molar-refractivity contribution in [1.29, 1.82) is 0 Å². The van der Waals surface area contributed by atoms with Gasteiger partial charge in [-0.05, 0) is 37.1 Å². The Bertz CT molecular complexity index is 366. The minimum absolute atomic E-state index is 0.0973. The number of benzene rings is 1. The van der Waals surface area contributed by atoms with Gasteiger partial charge < -0.3 is 5.32 Å². The first-order valence-corrected chi connectivity index (χ1v) is 5.16. The molecule has 1 aromatic carbocycles. The molecule has 1 amide bonds. The van der Waals surface area contributed by atoms with Gasteiger partial charge in [0.1, 0.15) is 6.29 Å². The van der Waals surface area contributed by atoms with Crippen molar-refractivity contribution < 1.29 is 9.59 Å². The molecule has 1 fully saturated rings. The third-order valence-electron chi connectivity index (χ3n) is 2.79. The topological polar surface area (TPSA) is 46.2 Å². The van der Waals surface area contributed by atoms with Gasteiger partial charge in [-0.3, -0.25) is 9.59 Å². The van der Waals surface area contributed by atoms with Crippen molar-refractivity contribution in [2.24, 2.45) is 5.92 Å². The molecule has 0 radical (unpaired) electrons. The summed E-state index contributed by atoms with van der Waals surface area (Å²) in [7, 11) is 0. The van der Waals surface area contributed by atoms with E-state index >= 15 is 0 Å². The Morgan fingerprint density at radius 2 is 1.93 bits per heavy atom. The molecule has 0 aliphatic heterocycles. The summed E-state index contributed by atoms with van der Waals surface area (Å²) in [6, 6.07) is 6.90. The first-order chi connectivity index (χ1) is 7.29. The van der Waals surface area contributed by atoms with E-state index < -0.39 is 0 Å². The van der Waals surface area contributed by atoms with Crippen LogP contribution in [0, 0.1) is 5.92 Å². The van der Waals surface area contributed by atoms with Crippen LogP contribution in [0.25, 0.3) is 0 Å². The molecule has 1 saturated carbocycles. The number of nitrogens with one attached hydrogen (secondary N) is 1. The highest BCUT2D eigenvalue weighted by Crippen LogP contribution is 2.27. The summed E-state index contributed by atoms with van der Waals surface area (Å²) >= 11 is 0. The van der Waals surface area contributed by atoms with Crippen molar-refractivity contribution in [2.75, 3.05) is 5.32 Å². The molecule has 1 aliphatic rings. The number of aldehydes is 1. The molecule has 78 valence electrons. The second kappa shape index (κ2) is 4.26. The predicted molar refractivity (Wildman–Crippen MR) is 57.8 cm³/mol. The fourth-order valence-electron chi connectivity index (χ4n) is 1.56. The zero-order valence-electron chi connectivity index (χ0n) is 8.40. The molecule has 2 rings (SSSR count). The van der Waals surface area contributed by atoms with E-state index in [-0.39, 0.29) is 11.8 Å². The number of hydrogen-bond acceptors (Lipinski definition) is 2. The van der Waals surface area contributed by atoms with Crippen LogP contribution in [0.15, 0.2) is 24.3 Å². The minimum atomic E-state index is 0.0973. The molecular formula is C12H13NO2. The summed E-state index contributed by atoms with van der Waals surface area (Å²) in [6.45, 7) is 0. The third-order valence-corrected chi connectivity index (χ3v) is 2.79. The molecule has 0 unspecified atom stereocenters. The first-order valence-electron chi connectivity index (χ1n) is 5.16. The van der Waals surface area contributed by atoms with Crippen LogP contribution in [-0.2, 0) is 4.79 Å². The fraction of sp³-hybridized carbons (Fsp3) is 0.333. The zero-order valence-corrected chi connectivity index (χ0v) is 8.40. The number of amides is 1. The van der Waals surface area contributed by atoms with Crippen LogP contribution in [0.1, 0.15) is 29.6 Å². The van der Waals surface area contributed by atoms with Crippen LogP contribution in [0.4, 0.5) is 5.69 Å². The third kappa shape index (κ3) is 2.24. The van der Waals surface area contributed by atoms with Crippen molar-refractivity contribution in [3.05, 3.63) is 29.8 Å². The molecule has 1 N–H and O–H groups in total. The van der Waals surface area contributed by atoms with Crippen molar-refractivity contribution in [2.45, 2.75) is 19.3 Å².